The first-order valence-corrected chi connectivity index (χ1v) is 4.58. The summed E-state index contributed by atoms with van der Waals surface area (Å²) in [5.41, 5.74) is -1.05. The Kier molecular flexibility index (Phi) is 2.50. The van der Waals surface area contributed by atoms with Crippen LogP contribution in [0.2, 0.25) is 5.15 Å². The highest BCUT2D eigenvalue weighted by atomic mass is 35.5. The maximum atomic E-state index is 13.0. The summed E-state index contributed by atoms with van der Waals surface area (Å²) < 4.78 is 50.8. The normalized spacial score (nSPS) is 12.1. The third-order valence-corrected chi connectivity index (χ3v) is 2.40. The van der Waals surface area contributed by atoms with Crippen LogP contribution in [0.3, 0.4) is 0 Å². The molecule has 2 aromatic rings. The smallest absolute Gasteiger partial charge is 0.244 e. The Morgan fingerprint density at radius 3 is 2.44 bits per heavy atom. The van der Waals surface area contributed by atoms with Gasteiger partial charge in [-0.25, -0.2) is 9.37 Å². The second kappa shape index (κ2) is 3.59. The SMILES string of the molecule is Fc1cc(C(F)(F)F)c2ccnc(Cl)c2c1. The molecule has 1 aromatic heterocycles. The summed E-state index contributed by atoms with van der Waals surface area (Å²) in [7, 11) is 0. The third-order valence-electron chi connectivity index (χ3n) is 2.10. The van der Waals surface area contributed by atoms with E-state index in [9.17, 15) is 17.6 Å². The van der Waals surface area contributed by atoms with Crippen molar-refractivity contribution < 1.29 is 17.6 Å². The van der Waals surface area contributed by atoms with E-state index in [4.69, 9.17) is 11.6 Å². The molecule has 1 aromatic carbocycles. The topological polar surface area (TPSA) is 12.9 Å². The van der Waals surface area contributed by atoms with Crippen LogP contribution in [0.4, 0.5) is 17.6 Å². The van der Waals surface area contributed by atoms with E-state index < -0.39 is 17.6 Å². The van der Waals surface area contributed by atoms with Gasteiger partial charge < -0.3 is 0 Å². The maximum Gasteiger partial charge on any atom is 0.417 e. The molecule has 0 saturated heterocycles. The van der Waals surface area contributed by atoms with Gasteiger partial charge >= 0.3 is 6.18 Å². The van der Waals surface area contributed by atoms with Crippen molar-refractivity contribution in [3.05, 3.63) is 40.9 Å². The van der Waals surface area contributed by atoms with Gasteiger partial charge in [-0.1, -0.05) is 11.6 Å². The van der Waals surface area contributed by atoms with Crippen molar-refractivity contribution in [3.8, 4) is 0 Å². The van der Waals surface area contributed by atoms with Crippen molar-refractivity contribution in [3.63, 3.8) is 0 Å². The van der Waals surface area contributed by atoms with E-state index in [1.54, 1.807) is 0 Å². The Morgan fingerprint density at radius 2 is 1.81 bits per heavy atom. The molecule has 0 bridgehead atoms. The van der Waals surface area contributed by atoms with E-state index in [2.05, 4.69) is 4.98 Å². The summed E-state index contributed by atoms with van der Waals surface area (Å²) in [5.74, 6) is -0.991. The zero-order valence-electron chi connectivity index (χ0n) is 7.65. The summed E-state index contributed by atoms with van der Waals surface area (Å²) in [5, 5.41) is -0.354. The number of benzene rings is 1. The fourth-order valence-electron chi connectivity index (χ4n) is 1.45. The number of fused-ring (bicyclic) bond motifs is 1. The van der Waals surface area contributed by atoms with Gasteiger partial charge in [-0.15, -0.1) is 0 Å². The molecule has 0 aliphatic carbocycles. The molecule has 0 aliphatic heterocycles. The van der Waals surface area contributed by atoms with Crippen LogP contribution >= 0.6 is 11.6 Å². The average Bonchev–Trinajstić information content (AvgIpc) is 2.17. The van der Waals surface area contributed by atoms with E-state index in [-0.39, 0.29) is 15.9 Å². The van der Waals surface area contributed by atoms with Gasteiger partial charge in [0.2, 0.25) is 0 Å². The lowest BCUT2D eigenvalue weighted by Crippen LogP contribution is -2.06. The summed E-state index contributed by atoms with van der Waals surface area (Å²) in [6.07, 6.45) is -3.47. The number of rotatable bonds is 0. The molecule has 0 saturated carbocycles. The van der Waals surface area contributed by atoms with Gasteiger partial charge in [-0.2, -0.15) is 13.2 Å². The summed E-state index contributed by atoms with van der Waals surface area (Å²) in [4.78, 5) is 3.60. The van der Waals surface area contributed by atoms with Gasteiger partial charge in [-0.05, 0) is 23.6 Å². The first-order chi connectivity index (χ1) is 7.39. The van der Waals surface area contributed by atoms with Crippen LogP contribution in [0, 0.1) is 5.82 Å². The van der Waals surface area contributed by atoms with E-state index in [1.165, 1.54) is 0 Å². The number of aromatic nitrogens is 1. The molecule has 1 heterocycles. The largest absolute Gasteiger partial charge is 0.417 e. The Bertz CT molecular complexity index is 550. The Morgan fingerprint density at radius 1 is 1.12 bits per heavy atom. The zero-order chi connectivity index (χ0) is 11.9. The number of nitrogens with zero attached hydrogens (tertiary/aromatic N) is 1. The summed E-state index contributed by atoms with van der Waals surface area (Å²) >= 11 is 5.61. The molecular formula is C10H4ClF4N. The quantitative estimate of drug-likeness (QED) is 0.507. The van der Waals surface area contributed by atoms with Crippen molar-refractivity contribution in [1.82, 2.24) is 4.98 Å². The molecule has 6 heteroatoms. The standard InChI is InChI=1S/C10H4ClF4N/c11-9-7-3-5(12)4-8(10(13,14)15)6(7)1-2-16-9/h1-4H. The van der Waals surface area contributed by atoms with E-state index in [1.807, 2.05) is 0 Å². The van der Waals surface area contributed by atoms with Crippen LogP contribution in [0.15, 0.2) is 24.4 Å². The van der Waals surface area contributed by atoms with Crippen LogP contribution < -0.4 is 0 Å². The number of halogens is 5. The highest BCUT2D eigenvalue weighted by Crippen LogP contribution is 2.36. The minimum Gasteiger partial charge on any atom is -0.244 e. The van der Waals surface area contributed by atoms with E-state index in [0.29, 0.717) is 6.07 Å². The molecule has 0 amide bonds. The highest BCUT2D eigenvalue weighted by molar-refractivity contribution is 6.34. The van der Waals surface area contributed by atoms with Crippen LogP contribution in [0.25, 0.3) is 10.8 Å². The van der Waals surface area contributed by atoms with Gasteiger partial charge in [0.1, 0.15) is 11.0 Å². The third kappa shape index (κ3) is 1.82. The molecule has 84 valence electrons. The second-order valence-electron chi connectivity index (χ2n) is 3.15. The molecule has 2 rings (SSSR count). The van der Waals surface area contributed by atoms with Gasteiger partial charge in [0.25, 0.3) is 0 Å². The molecule has 1 nitrogen and oxygen atoms in total. The first-order valence-electron chi connectivity index (χ1n) is 4.20. The predicted octanol–water partition coefficient (Wildman–Crippen LogP) is 4.05. The van der Waals surface area contributed by atoms with Gasteiger partial charge in [0.15, 0.2) is 0 Å². The predicted molar refractivity (Wildman–Crippen MR) is 51.7 cm³/mol. The van der Waals surface area contributed by atoms with Gasteiger partial charge in [0, 0.05) is 11.6 Å². The lowest BCUT2D eigenvalue weighted by molar-refractivity contribution is -0.136. The number of hydrogen-bond acceptors (Lipinski definition) is 1. The lowest BCUT2D eigenvalue weighted by atomic mass is 10.1. The van der Waals surface area contributed by atoms with Crippen LogP contribution in [0.1, 0.15) is 5.56 Å². The number of alkyl halides is 3. The Hall–Kier alpha value is -1.36. The monoisotopic (exact) mass is 249 g/mol. The van der Waals surface area contributed by atoms with Crippen molar-refractivity contribution in [2.45, 2.75) is 6.18 Å². The number of pyridine rings is 1. The molecule has 0 unspecified atom stereocenters. The molecule has 0 radical (unpaired) electrons. The molecule has 16 heavy (non-hydrogen) atoms. The Labute approximate surface area is 92.7 Å². The van der Waals surface area contributed by atoms with Crippen molar-refractivity contribution in [2.24, 2.45) is 0 Å². The van der Waals surface area contributed by atoms with Crippen molar-refractivity contribution in [1.29, 1.82) is 0 Å². The van der Waals surface area contributed by atoms with Gasteiger partial charge in [0.05, 0.1) is 5.56 Å². The molecule has 0 atom stereocenters. The van der Waals surface area contributed by atoms with Crippen LogP contribution in [-0.4, -0.2) is 4.98 Å². The molecular weight excluding hydrogens is 246 g/mol. The fraction of sp³-hybridized carbons (Fsp3) is 0.100. The van der Waals surface area contributed by atoms with Crippen LogP contribution in [0.5, 0.6) is 0 Å². The average molecular weight is 250 g/mol. The van der Waals surface area contributed by atoms with E-state index in [0.717, 1.165) is 18.3 Å². The first kappa shape index (κ1) is 11.1. The van der Waals surface area contributed by atoms with Crippen molar-refractivity contribution in [2.75, 3.05) is 0 Å². The second-order valence-corrected chi connectivity index (χ2v) is 3.51. The minimum absolute atomic E-state index is 0.0449. The fourth-order valence-corrected chi connectivity index (χ4v) is 1.66. The molecule has 0 aliphatic rings. The number of hydrogen-bond donors (Lipinski definition) is 0. The van der Waals surface area contributed by atoms with Crippen LogP contribution in [-0.2, 0) is 6.18 Å². The lowest BCUT2D eigenvalue weighted by Gasteiger charge is -2.10. The minimum atomic E-state index is -4.62. The highest BCUT2D eigenvalue weighted by Gasteiger charge is 2.33. The summed E-state index contributed by atoms with van der Waals surface area (Å²) in [6, 6.07) is 2.53. The molecule has 0 fully saturated rings. The Balaban J connectivity index is 2.89. The zero-order valence-corrected chi connectivity index (χ0v) is 8.40. The maximum absolute atomic E-state index is 13.0. The van der Waals surface area contributed by atoms with E-state index >= 15 is 0 Å². The van der Waals surface area contributed by atoms with Crippen molar-refractivity contribution >= 4 is 22.4 Å². The van der Waals surface area contributed by atoms with Gasteiger partial charge in [-0.3, -0.25) is 0 Å². The molecule has 0 N–H and O–H groups in total. The molecule has 0 spiro atoms. The summed E-state index contributed by atoms with van der Waals surface area (Å²) in [6.45, 7) is 0.